The molecule has 0 atom stereocenters. The van der Waals surface area contributed by atoms with Crippen molar-refractivity contribution in [2.24, 2.45) is 0 Å². The first-order chi connectivity index (χ1) is 23.4. The molecule has 9 heteroatoms. The molecule has 4 aliphatic rings. The summed E-state index contributed by atoms with van der Waals surface area (Å²) in [5, 5.41) is 28.9. The van der Waals surface area contributed by atoms with E-state index in [4.69, 9.17) is 28.9 Å². The predicted molar refractivity (Wildman–Crippen MR) is 183 cm³/mol. The highest BCUT2D eigenvalue weighted by molar-refractivity contribution is 5.48. The number of hydrogen-bond acceptors (Lipinski definition) is 9. The molecule has 4 fully saturated rings. The van der Waals surface area contributed by atoms with Crippen molar-refractivity contribution in [3.05, 3.63) is 47.5 Å². The zero-order valence-corrected chi connectivity index (χ0v) is 29.0. The normalized spacial score (nSPS) is 27.6. The van der Waals surface area contributed by atoms with Gasteiger partial charge in [0.25, 0.3) is 0 Å². The van der Waals surface area contributed by atoms with E-state index >= 15 is 0 Å². The predicted octanol–water partition coefficient (Wildman–Crippen LogP) is 8.07. The van der Waals surface area contributed by atoms with Gasteiger partial charge in [-0.25, -0.2) is 5.48 Å². The quantitative estimate of drug-likeness (QED) is 0.244. The fourth-order valence-corrected chi connectivity index (χ4v) is 7.99. The monoisotopic (exact) mass is 659 g/mol. The number of nitrogens with zero attached hydrogens (tertiary/aromatic N) is 2. The Bertz CT molecular complexity index is 1300. The molecule has 4 saturated carbocycles. The summed E-state index contributed by atoms with van der Waals surface area (Å²) >= 11 is 0. The third-order valence-corrected chi connectivity index (χ3v) is 11.2. The lowest BCUT2D eigenvalue weighted by Crippen LogP contribution is -2.37. The molecule has 48 heavy (non-hydrogen) atoms. The van der Waals surface area contributed by atoms with Gasteiger partial charge in [-0.1, -0.05) is 12.1 Å². The van der Waals surface area contributed by atoms with Crippen LogP contribution in [0.15, 0.2) is 36.4 Å². The van der Waals surface area contributed by atoms with Crippen LogP contribution in [0.25, 0.3) is 0 Å². The molecule has 2 aromatic rings. The number of benzene rings is 2. The summed E-state index contributed by atoms with van der Waals surface area (Å²) < 4.78 is 28.8. The van der Waals surface area contributed by atoms with Crippen LogP contribution in [0.5, 0.6) is 23.0 Å². The van der Waals surface area contributed by atoms with Crippen molar-refractivity contribution >= 4 is 0 Å². The first-order valence-corrected chi connectivity index (χ1v) is 17.9. The minimum Gasteiger partial charge on any atom is -0.493 e. The van der Waals surface area contributed by atoms with E-state index in [-0.39, 0.29) is 24.4 Å². The molecule has 4 aliphatic carbocycles. The van der Waals surface area contributed by atoms with Gasteiger partial charge in [0, 0.05) is 13.2 Å². The van der Waals surface area contributed by atoms with Gasteiger partial charge in [0.05, 0.1) is 55.5 Å². The highest BCUT2D eigenvalue weighted by Gasteiger charge is 2.39. The van der Waals surface area contributed by atoms with Crippen LogP contribution in [0.3, 0.4) is 0 Å². The molecule has 0 unspecified atom stereocenters. The van der Waals surface area contributed by atoms with E-state index in [2.05, 4.69) is 17.6 Å². The van der Waals surface area contributed by atoms with E-state index in [1.54, 1.807) is 21.3 Å². The van der Waals surface area contributed by atoms with Gasteiger partial charge in [-0.05, 0) is 138 Å². The van der Waals surface area contributed by atoms with Gasteiger partial charge in [-0.15, -0.1) is 0 Å². The van der Waals surface area contributed by atoms with Crippen molar-refractivity contribution < 1.29 is 28.9 Å². The number of hydrogen-bond donors (Lipinski definition) is 2. The van der Waals surface area contributed by atoms with Gasteiger partial charge >= 0.3 is 0 Å². The third kappa shape index (κ3) is 8.20. The van der Waals surface area contributed by atoms with Crippen LogP contribution in [-0.4, -0.2) is 50.9 Å². The number of hydroxylamine groups is 1. The Balaban J connectivity index is 0.000000188. The Morgan fingerprint density at radius 3 is 1.38 bits per heavy atom. The van der Waals surface area contributed by atoms with Crippen molar-refractivity contribution in [1.82, 2.24) is 5.48 Å². The highest BCUT2D eigenvalue weighted by atomic mass is 16.5. The maximum Gasteiger partial charge on any atom is 0.161 e. The molecule has 260 valence electrons. The maximum absolute atomic E-state index is 9.89. The Hall–Kier alpha value is -3.50. The van der Waals surface area contributed by atoms with Gasteiger partial charge in [0.1, 0.15) is 0 Å². The van der Waals surface area contributed by atoms with Crippen molar-refractivity contribution in [3.8, 4) is 35.1 Å². The minimum atomic E-state index is -0.507. The first-order valence-electron chi connectivity index (χ1n) is 17.9. The Kier molecular flexibility index (Phi) is 12.5. The Morgan fingerprint density at radius 2 is 1.02 bits per heavy atom. The molecule has 2 N–H and O–H groups in total. The summed E-state index contributed by atoms with van der Waals surface area (Å²) in [4.78, 5) is 0. The summed E-state index contributed by atoms with van der Waals surface area (Å²) in [6, 6.07) is 17.1. The van der Waals surface area contributed by atoms with Crippen LogP contribution < -0.4 is 24.4 Å². The molecule has 0 radical (unpaired) electrons. The molecule has 0 spiro atoms. The number of ether oxygens (including phenoxy) is 5. The molecule has 0 aliphatic heterocycles. The zero-order valence-electron chi connectivity index (χ0n) is 29.0. The SMILES string of the molecule is COc1ccc(C2(C#N)CCC(NO)CC2)cc1OC1CCCC1.COc1ccc([C@]2(C#N)CC[C@@H](OC)CC2)cc1OC1CCCC1. The summed E-state index contributed by atoms with van der Waals surface area (Å²) in [6.07, 6.45) is 16.6. The van der Waals surface area contributed by atoms with Crippen molar-refractivity contribution in [3.63, 3.8) is 0 Å². The molecule has 0 amide bonds. The minimum absolute atomic E-state index is 0.0823. The van der Waals surface area contributed by atoms with E-state index in [0.29, 0.717) is 0 Å². The van der Waals surface area contributed by atoms with E-state index in [1.165, 1.54) is 25.7 Å². The van der Waals surface area contributed by atoms with Gasteiger partial charge in [-0.2, -0.15) is 10.5 Å². The molecule has 6 rings (SSSR count). The molecule has 9 nitrogen and oxygen atoms in total. The average Bonchev–Trinajstić information content (AvgIpc) is 3.87. The summed E-state index contributed by atoms with van der Waals surface area (Å²) in [5.41, 5.74) is 3.44. The number of nitrogens with one attached hydrogen (secondary N) is 1. The number of methoxy groups -OCH3 is 3. The van der Waals surface area contributed by atoms with Crippen LogP contribution in [-0.2, 0) is 15.6 Å². The van der Waals surface area contributed by atoms with E-state index in [1.807, 2.05) is 36.4 Å². The zero-order chi connectivity index (χ0) is 34.0. The molecule has 2 aromatic carbocycles. The fraction of sp³-hybridized carbons (Fsp3) is 0.641. The first kappa shape index (κ1) is 35.8. The molecule has 0 bridgehead atoms. The van der Waals surface area contributed by atoms with E-state index in [9.17, 15) is 10.5 Å². The topological polar surface area (TPSA) is 126 Å². The standard InChI is InChI=1S/C20H27NO3.C19H26N2O3/c1-22-16-9-11-20(14-21,12-10-16)15-7-8-18(23-2)19(13-15)24-17-5-3-4-6-17;1-23-17-7-6-14(12-18(17)24-16-4-2-3-5-16)19(13-20)10-8-15(21-22)9-11-19/h7-8,13,16-17H,3-6,9-12H2,1-2H3;6-7,12,15-16,21-22H,2-5,8-11H2,1H3/t16-,20-;. The van der Waals surface area contributed by atoms with E-state index < -0.39 is 10.8 Å². The smallest absolute Gasteiger partial charge is 0.161 e. The van der Waals surface area contributed by atoms with E-state index in [0.717, 1.165) is 111 Å². The van der Waals surface area contributed by atoms with Crippen LogP contribution in [0.2, 0.25) is 0 Å². The number of nitriles is 2. The summed E-state index contributed by atoms with van der Waals surface area (Å²) in [6.45, 7) is 0. The highest BCUT2D eigenvalue weighted by Crippen LogP contribution is 2.44. The van der Waals surface area contributed by atoms with Gasteiger partial charge in [0.15, 0.2) is 23.0 Å². The van der Waals surface area contributed by atoms with Crippen LogP contribution >= 0.6 is 0 Å². The molecule has 0 saturated heterocycles. The third-order valence-electron chi connectivity index (χ3n) is 11.2. The molecule has 0 heterocycles. The second-order valence-electron chi connectivity index (χ2n) is 14.0. The average molecular weight is 660 g/mol. The molecule has 0 aromatic heterocycles. The van der Waals surface area contributed by atoms with Gasteiger partial charge < -0.3 is 28.9 Å². The lowest BCUT2D eigenvalue weighted by Gasteiger charge is -2.35. The van der Waals surface area contributed by atoms with Crippen molar-refractivity contribution in [2.45, 2.75) is 138 Å². The second kappa shape index (κ2) is 16.7. The lowest BCUT2D eigenvalue weighted by molar-refractivity contribution is 0.0573. The maximum atomic E-state index is 9.89. The van der Waals surface area contributed by atoms with Crippen molar-refractivity contribution in [2.75, 3.05) is 21.3 Å². The Labute approximate surface area is 286 Å². The lowest BCUT2D eigenvalue weighted by atomic mass is 9.69. The van der Waals surface area contributed by atoms with Gasteiger partial charge in [-0.3, -0.25) is 0 Å². The van der Waals surface area contributed by atoms with Crippen LogP contribution in [0, 0.1) is 22.7 Å². The fourth-order valence-electron chi connectivity index (χ4n) is 7.99. The largest absolute Gasteiger partial charge is 0.493 e. The summed E-state index contributed by atoms with van der Waals surface area (Å²) in [7, 11) is 5.07. The Morgan fingerprint density at radius 1 is 0.604 bits per heavy atom. The molecular formula is C39H53N3O6. The van der Waals surface area contributed by atoms with Crippen LogP contribution in [0.4, 0.5) is 0 Å². The van der Waals surface area contributed by atoms with Gasteiger partial charge in [0.2, 0.25) is 0 Å². The second-order valence-corrected chi connectivity index (χ2v) is 14.0. The van der Waals surface area contributed by atoms with Crippen molar-refractivity contribution in [1.29, 1.82) is 10.5 Å². The number of rotatable bonds is 10. The van der Waals surface area contributed by atoms with Crippen LogP contribution in [0.1, 0.15) is 114 Å². The molecular weight excluding hydrogens is 606 g/mol. The summed E-state index contributed by atoms with van der Waals surface area (Å²) in [5.74, 6) is 3.01.